The van der Waals surface area contributed by atoms with Gasteiger partial charge in [-0.2, -0.15) is 8.78 Å². The Kier molecular flexibility index (Phi) is 6.54. The molecule has 1 aromatic heterocycles. The molecule has 9 heteroatoms. The third kappa shape index (κ3) is 4.73. The second-order valence-corrected chi connectivity index (χ2v) is 7.76. The van der Waals surface area contributed by atoms with Crippen molar-refractivity contribution in [1.82, 2.24) is 4.57 Å². The normalized spacial score (nSPS) is 13.5. The lowest BCUT2D eigenvalue weighted by Crippen LogP contribution is -2.25. The lowest BCUT2D eigenvalue weighted by Gasteiger charge is -2.19. The van der Waals surface area contributed by atoms with Gasteiger partial charge in [-0.1, -0.05) is 0 Å². The van der Waals surface area contributed by atoms with E-state index in [4.69, 9.17) is 14.2 Å². The molecule has 0 saturated heterocycles. The zero-order valence-corrected chi connectivity index (χ0v) is 18.8. The molecular formula is C25H23F2NO6. The quantitative estimate of drug-likeness (QED) is 0.361. The zero-order valence-electron chi connectivity index (χ0n) is 18.8. The predicted molar refractivity (Wildman–Crippen MR) is 119 cm³/mol. The van der Waals surface area contributed by atoms with Crippen LogP contribution in [-0.4, -0.2) is 42.2 Å². The van der Waals surface area contributed by atoms with E-state index in [1.807, 2.05) is 11.5 Å². The van der Waals surface area contributed by atoms with Crippen molar-refractivity contribution in [2.45, 2.75) is 33.5 Å². The minimum Gasteiger partial charge on any atom is -0.486 e. The number of carbonyl (C=O) groups excluding carboxylic acids is 2. The van der Waals surface area contributed by atoms with Gasteiger partial charge in [0.25, 0.3) is 0 Å². The predicted octanol–water partition coefficient (Wildman–Crippen LogP) is 4.89. The molecule has 0 amide bonds. The van der Waals surface area contributed by atoms with Crippen LogP contribution in [0.5, 0.6) is 17.2 Å². The number of nitrogens with zero attached hydrogens (tertiary/aromatic N) is 1. The summed E-state index contributed by atoms with van der Waals surface area (Å²) in [6.07, 6.45) is -1.03. The van der Waals surface area contributed by atoms with E-state index < -0.39 is 18.7 Å². The van der Waals surface area contributed by atoms with Crippen LogP contribution in [-0.2, 0) is 4.74 Å². The number of fused-ring (bicyclic) bond motifs is 1. The molecule has 4 rings (SSSR count). The van der Waals surface area contributed by atoms with Gasteiger partial charge in [-0.3, -0.25) is 4.79 Å². The third-order valence-corrected chi connectivity index (χ3v) is 5.45. The largest absolute Gasteiger partial charge is 0.486 e. The van der Waals surface area contributed by atoms with E-state index in [-0.39, 0.29) is 17.1 Å². The van der Waals surface area contributed by atoms with Crippen LogP contribution >= 0.6 is 0 Å². The fourth-order valence-electron chi connectivity index (χ4n) is 3.86. The highest BCUT2D eigenvalue weighted by Crippen LogP contribution is 2.31. The zero-order chi connectivity index (χ0) is 24.4. The maximum atomic E-state index is 13.1. The average molecular weight is 471 g/mol. The standard InChI is InChI=1S/C25H23F2NO6/c1-14-12-20(15(2)28(14)18-5-7-19(8-6-18)34-25(26)27)23(29)16(3)33-24(30)17-4-9-21-22(13-17)32-11-10-31-21/h4-9,12-13,16,25H,10-11H2,1-3H3. The van der Waals surface area contributed by atoms with E-state index in [2.05, 4.69) is 4.74 Å². The number of hydrogen-bond acceptors (Lipinski definition) is 6. The van der Waals surface area contributed by atoms with Crippen molar-refractivity contribution in [3.63, 3.8) is 0 Å². The lowest BCUT2D eigenvalue weighted by molar-refractivity contribution is -0.0498. The smallest absolute Gasteiger partial charge is 0.387 e. The molecule has 0 N–H and O–H groups in total. The van der Waals surface area contributed by atoms with Crippen molar-refractivity contribution >= 4 is 11.8 Å². The fourth-order valence-corrected chi connectivity index (χ4v) is 3.86. The van der Waals surface area contributed by atoms with Gasteiger partial charge < -0.3 is 23.5 Å². The number of carbonyl (C=O) groups is 2. The molecule has 0 fully saturated rings. The van der Waals surface area contributed by atoms with Crippen LogP contribution in [0.3, 0.4) is 0 Å². The molecule has 1 unspecified atom stereocenters. The van der Waals surface area contributed by atoms with Gasteiger partial charge in [0.1, 0.15) is 19.0 Å². The monoisotopic (exact) mass is 471 g/mol. The molecule has 1 aliphatic heterocycles. The Morgan fingerprint density at radius 3 is 2.32 bits per heavy atom. The molecule has 178 valence electrons. The van der Waals surface area contributed by atoms with E-state index in [1.165, 1.54) is 25.1 Å². The Balaban J connectivity index is 1.50. The van der Waals surface area contributed by atoms with Crippen LogP contribution in [0.25, 0.3) is 5.69 Å². The van der Waals surface area contributed by atoms with E-state index in [9.17, 15) is 18.4 Å². The number of aryl methyl sites for hydroxylation is 1. The minimum atomic E-state index is -2.91. The third-order valence-electron chi connectivity index (χ3n) is 5.45. The van der Waals surface area contributed by atoms with Crippen LogP contribution in [0.1, 0.15) is 39.0 Å². The van der Waals surface area contributed by atoms with Gasteiger partial charge in [-0.25, -0.2) is 4.79 Å². The highest BCUT2D eigenvalue weighted by Gasteiger charge is 2.25. The van der Waals surface area contributed by atoms with E-state index in [1.54, 1.807) is 37.3 Å². The van der Waals surface area contributed by atoms with Crippen LogP contribution in [0.15, 0.2) is 48.5 Å². The SMILES string of the molecule is Cc1cc(C(=O)C(C)OC(=O)c2ccc3c(c2)OCCO3)c(C)n1-c1ccc(OC(F)F)cc1. The van der Waals surface area contributed by atoms with Crippen molar-refractivity contribution in [3.05, 3.63) is 71.0 Å². The first-order valence-corrected chi connectivity index (χ1v) is 10.6. The Morgan fingerprint density at radius 2 is 1.65 bits per heavy atom. The van der Waals surface area contributed by atoms with Crippen molar-refractivity contribution in [3.8, 4) is 22.9 Å². The first-order chi connectivity index (χ1) is 16.2. The Hall–Kier alpha value is -3.88. The van der Waals surface area contributed by atoms with E-state index in [0.717, 1.165) is 5.69 Å². The van der Waals surface area contributed by atoms with Gasteiger partial charge in [0.15, 0.2) is 17.6 Å². The summed E-state index contributed by atoms with van der Waals surface area (Å²) in [6.45, 7) is 3.02. The highest BCUT2D eigenvalue weighted by atomic mass is 19.3. The highest BCUT2D eigenvalue weighted by molar-refractivity contribution is 6.02. The van der Waals surface area contributed by atoms with Gasteiger partial charge in [-0.05, 0) is 69.3 Å². The molecule has 34 heavy (non-hydrogen) atoms. The summed E-state index contributed by atoms with van der Waals surface area (Å²) >= 11 is 0. The summed E-state index contributed by atoms with van der Waals surface area (Å²) in [4.78, 5) is 25.7. The molecule has 0 radical (unpaired) electrons. The summed E-state index contributed by atoms with van der Waals surface area (Å²) in [6, 6.07) is 12.5. The number of esters is 1. The number of rotatable bonds is 7. The van der Waals surface area contributed by atoms with Gasteiger partial charge in [0, 0.05) is 22.6 Å². The van der Waals surface area contributed by atoms with Crippen molar-refractivity contribution < 1.29 is 37.3 Å². The summed E-state index contributed by atoms with van der Waals surface area (Å²) in [5.74, 6) is 0.0303. The molecule has 0 bridgehead atoms. The Bertz CT molecular complexity index is 1220. The van der Waals surface area contributed by atoms with Crippen LogP contribution < -0.4 is 14.2 Å². The van der Waals surface area contributed by atoms with Gasteiger partial charge in [0.05, 0.1) is 5.56 Å². The molecule has 0 aliphatic carbocycles. The van der Waals surface area contributed by atoms with Crippen LogP contribution in [0, 0.1) is 13.8 Å². The number of ketones is 1. The second-order valence-electron chi connectivity index (χ2n) is 7.76. The van der Waals surface area contributed by atoms with Crippen LogP contribution in [0.4, 0.5) is 8.78 Å². The summed E-state index contributed by atoms with van der Waals surface area (Å²) in [7, 11) is 0. The Morgan fingerprint density at radius 1 is 0.971 bits per heavy atom. The number of alkyl halides is 2. The van der Waals surface area contributed by atoms with Gasteiger partial charge >= 0.3 is 12.6 Å². The molecular weight excluding hydrogens is 448 g/mol. The first kappa shape index (κ1) is 23.3. The van der Waals surface area contributed by atoms with Crippen molar-refractivity contribution in [2.24, 2.45) is 0 Å². The number of benzene rings is 2. The number of hydrogen-bond donors (Lipinski definition) is 0. The summed E-state index contributed by atoms with van der Waals surface area (Å²) < 4.78 is 47.4. The molecule has 1 aliphatic rings. The van der Waals surface area contributed by atoms with Crippen molar-refractivity contribution in [2.75, 3.05) is 13.2 Å². The van der Waals surface area contributed by atoms with E-state index in [0.29, 0.717) is 41.7 Å². The molecule has 7 nitrogen and oxygen atoms in total. The summed E-state index contributed by atoms with van der Waals surface area (Å²) in [5.41, 5.74) is 2.71. The van der Waals surface area contributed by atoms with E-state index >= 15 is 0 Å². The molecule has 0 spiro atoms. The number of Topliss-reactive ketones (excluding diaryl/α,β-unsaturated/α-hetero) is 1. The summed E-state index contributed by atoms with van der Waals surface area (Å²) in [5, 5.41) is 0. The fraction of sp³-hybridized carbons (Fsp3) is 0.280. The van der Waals surface area contributed by atoms with Crippen molar-refractivity contribution in [1.29, 1.82) is 0 Å². The number of halogens is 2. The first-order valence-electron chi connectivity index (χ1n) is 10.6. The molecule has 2 heterocycles. The second kappa shape index (κ2) is 9.54. The molecule has 1 atom stereocenters. The number of aromatic nitrogens is 1. The number of ether oxygens (including phenoxy) is 4. The van der Waals surface area contributed by atoms with Gasteiger partial charge in [-0.15, -0.1) is 0 Å². The maximum absolute atomic E-state index is 13.1. The maximum Gasteiger partial charge on any atom is 0.387 e. The van der Waals surface area contributed by atoms with Gasteiger partial charge in [0.2, 0.25) is 5.78 Å². The Labute approximate surface area is 194 Å². The lowest BCUT2D eigenvalue weighted by atomic mass is 10.1. The molecule has 3 aromatic rings. The minimum absolute atomic E-state index is 0.0391. The van der Waals surface area contributed by atoms with Crippen LogP contribution in [0.2, 0.25) is 0 Å². The molecule has 0 saturated carbocycles. The molecule has 2 aromatic carbocycles. The topological polar surface area (TPSA) is 76.0 Å². The average Bonchev–Trinajstić information content (AvgIpc) is 3.12.